The summed E-state index contributed by atoms with van der Waals surface area (Å²) in [6.07, 6.45) is 0. The largest absolute Gasteiger partial charge is 0.385 e. The Morgan fingerprint density at radius 1 is 1.10 bits per heavy atom. The first kappa shape index (κ1) is 16.0. The zero-order valence-electron chi connectivity index (χ0n) is 12.4. The molecule has 0 bridgehead atoms. The van der Waals surface area contributed by atoms with Gasteiger partial charge in [0.2, 0.25) is 5.91 Å². The molecule has 110 valence electrons. The number of rotatable bonds is 7. The van der Waals surface area contributed by atoms with Crippen molar-refractivity contribution in [2.24, 2.45) is 0 Å². The number of para-hydroxylation sites is 1. The zero-order valence-corrected chi connectivity index (χ0v) is 12.4. The van der Waals surface area contributed by atoms with E-state index in [1.54, 1.807) is 11.0 Å². The van der Waals surface area contributed by atoms with E-state index in [9.17, 15) is 9.59 Å². The van der Waals surface area contributed by atoms with E-state index >= 15 is 0 Å². The summed E-state index contributed by atoms with van der Waals surface area (Å²) in [5, 5.41) is 5.81. The second kappa shape index (κ2) is 8.19. The van der Waals surface area contributed by atoms with Crippen molar-refractivity contribution >= 4 is 17.5 Å². The Morgan fingerprint density at radius 3 is 2.35 bits per heavy atom. The average molecular weight is 277 g/mol. The smallest absolute Gasteiger partial charge is 0.253 e. The summed E-state index contributed by atoms with van der Waals surface area (Å²) in [6.45, 7) is 7.88. The molecule has 0 saturated heterocycles. The van der Waals surface area contributed by atoms with Crippen LogP contribution in [0.2, 0.25) is 0 Å². The molecule has 2 N–H and O–H groups in total. The third-order valence-corrected chi connectivity index (χ3v) is 3.06. The third-order valence-electron chi connectivity index (χ3n) is 3.06. The lowest BCUT2D eigenvalue weighted by molar-refractivity contribution is -0.129. The number of carbonyl (C=O) groups is 2. The lowest BCUT2D eigenvalue weighted by Crippen LogP contribution is -2.40. The Kier molecular flexibility index (Phi) is 6.56. The third kappa shape index (κ3) is 4.26. The SMILES string of the molecule is CCNc1ccccc1C(=O)NCC(=O)N(CC)CC. The van der Waals surface area contributed by atoms with Gasteiger partial charge in [0.25, 0.3) is 5.91 Å². The fraction of sp³-hybridized carbons (Fsp3) is 0.467. The van der Waals surface area contributed by atoms with Crippen LogP contribution in [-0.4, -0.2) is 42.9 Å². The van der Waals surface area contributed by atoms with Crippen molar-refractivity contribution in [1.82, 2.24) is 10.2 Å². The normalized spacial score (nSPS) is 9.95. The van der Waals surface area contributed by atoms with Gasteiger partial charge in [-0.05, 0) is 32.9 Å². The molecule has 0 aliphatic carbocycles. The molecule has 20 heavy (non-hydrogen) atoms. The van der Waals surface area contributed by atoms with Crippen LogP contribution in [0, 0.1) is 0 Å². The summed E-state index contributed by atoms with van der Waals surface area (Å²) in [5.74, 6) is -0.300. The molecular formula is C15H23N3O2. The second-order valence-electron chi connectivity index (χ2n) is 4.32. The maximum Gasteiger partial charge on any atom is 0.253 e. The van der Waals surface area contributed by atoms with Gasteiger partial charge in [0.15, 0.2) is 0 Å². The Hall–Kier alpha value is -2.04. The van der Waals surface area contributed by atoms with Gasteiger partial charge in [-0.3, -0.25) is 9.59 Å². The number of likely N-dealkylation sites (N-methyl/N-ethyl adjacent to an activating group) is 1. The molecule has 0 radical (unpaired) electrons. The number of carbonyl (C=O) groups excluding carboxylic acids is 2. The highest BCUT2D eigenvalue weighted by molar-refractivity contribution is 6.01. The molecule has 0 fully saturated rings. The topological polar surface area (TPSA) is 61.4 Å². The molecule has 0 spiro atoms. The van der Waals surface area contributed by atoms with Crippen LogP contribution in [0.15, 0.2) is 24.3 Å². The van der Waals surface area contributed by atoms with E-state index in [-0.39, 0.29) is 18.4 Å². The van der Waals surface area contributed by atoms with Gasteiger partial charge in [-0.2, -0.15) is 0 Å². The lowest BCUT2D eigenvalue weighted by Gasteiger charge is -2.19. The monoisotopic (exact) mass is 277 g/mol. The van der Waals surface area contributed by atoms with E-state index in [0.717, 1.165) is 12.2 Å². The van der Waals surface area contributed by atoms with Crippen LogP contribution in [0.25, 0.3) is 0 Å². The summed E-state index contributed by atoms with van der Waals surface area (Å²) >= 11 is 0. The molecule has 0 aliphatic rings. The van der Waals surface area contributed by atoms with Gasteiger partial charge < -0.3 is 15.5 Å². The molecule has 1 aromatic carbocycles. The van der Waals surface area contributed by atoms with Gasteiger partial charge in [-0.1, -0.05) is 12.1 Å². The van der Waals surface area contributed by atoms with Gasteiger partial charge in [0, 0.05) is 25.3 Å². The predicted molar refractivity (Wildman–Crippen MR) is 80.9 cm³/mol. The van der Waals surface area contributed by atoms with Crippen LogP contribution in [0.5, 0.6) is 0 Å². The highest BCUT2D eigenvalue weighted by atomic mass is 16.2. The molecule has 0 atom stereocenters. The summed E-state index contributed by atoms with van der Waals surface area (Å²) in [7, 11) is 0. The van der Waals surface area contributed by atoms with E-state index in [0.29, 0.717) is 18.7 Å². The van der Waals surface area contributed by atoms with Crippen molar-refractivity contribution in [2.75, 3.05) is 31.5 Å². The molecular weight excluding hydrogens is 254 g/mol. The van der Waals surface area contributed by atoms with E-state index in [1.807, 2.05) is 39.0 Å². The van der Waals surface area contributed by atoms with Crippen LogP contribution in [0.3, 0.4) is 0 Å². The molecule has 0 unspecified atom stereocenters. The van der Waals surface area contributed by atoms with Crippen molar-refractivity contribution in [1.29, 1.82) is 0 Å². The summed E-state index contributed by atoms with van der Waals surface area (Å²) in [5.41, 5.74) is 1.34. The standard InChI is InChI=1S/C15H23N3O2/c1-4-16-13-10-8-7-9-12(13)15(20)17-11-14(19)18(5-2)6-3/h7-10,16H,4-6,11H2,1-3H3,(H,17,20). The minimum Gasteiger partial charge on any atom is -0.385 e. The molecule has 0 aromatic heterocycles. The van der Waals surface area contributed by atoms with Crippen LogP contribution >= 0.6 is 0 Å². The zero-order chi connectivity index (χ0) is 15.0. The Bertz CT molecular complexity index is 456. The number of anilines is 1. The summed E-state index contributed by atoms with van der Waals surface area (Å²) < 4.78 is 0. The fourth-order valence-electron chi connectivity index (χ4n) is 1.96. The molecule has 2 amide bonds. The van der Waals surface area contributed by atoms with Gasteiger partial charge >= 0.3 is 0 Å². The fourth-order valence-corrected chi connectivity index (χ4v) is 1.96. The highest BCUT2D eigenvalue weighted by Crippen LogP contribution is 2.14. The van der Waals surface area contributed by atoms with Gasteiger partial charge in [0.1, 0.15) is 0 Å². The molecule has 0 saturated carbocycles. The molecule has 1 rings (SSSR count). The van der Waals surface area contributed by atoms with Gasteiger partial charge in [-0.25, -0.2) is 0 Å². The van der Waals surface area contributed by atoms with E-state index in [1.165, 1.54) is 0 Å². The van der Waals surface area contributed by atoms with Crippen molar-refractivity contribution in [3.8, 4) is 0 Å². The van der Waals surface area contributed by atoms with Gasteiger partial charge in [-0.15, -0.1) is 0 Å². The Balaban J connectivity index is 2.65. The molecule has 0 aliphatic heterocycles. The quantitative estimate of drug-likeness (QED) is 0.797. The molecule has 0 heterocycles. The first-order valence-electron chi connectivity index (χ1n) is 7.02. The molecule has 1 aromatic rings. The van der Waals surface area contributed by atoms with E-state index in [4.69, 9.17) is 0 Å². The first-order chi connectivity index (χ1) is 9.63. The first-order valence-corrected chi connectivity index (χ1v) is 7.02. The number of benzene rings is 1. The maximum absolute atomic E-state index is 12.1. The second-order valence-corrected chi connectivity index (χ2v) is 4.32. The van der Waals surface area contributed by atoms with Crippen molar-refractivity contribution in [3.63, 3.8) is 0 Å². The number of nitrogens with zero attached hydrogens (tertiary/aromatic N) is 1. The van der Waals surface area contributed by atoms with Crippen molar-refractivity contribution < 1.29 is 9.59 Å². The number of nitrogens with one attached hydrogen (secondary N) is 2. The average Bonchev–Trinajstić information content (AvgIpc) is 2.47. The molecule has 5 nitrogen and oxygen atoms in total. The highest BCUT2D eigenvalue weighted by Gasteiger charge is 2.14. The molecule has 5 heteroatoms. The number of amides is 2. The van der Waals surface area contributed by atoms with Crippen molar-refractivity contribution in [3.05, 3.63) is 29.8 Å². The van der Waals surface area contributed by atoms with Gasteiger partial charge in [0.05, 0.1) is 12.1 Å². The summed E-state index contributed by atoms with van der Waals surface area (Å²) in [4.78, 5) is 25.7. The van der Waals surface area contributed by atoms with Crippen LogP contribution < -0.4 is 10.6 Å². The lowest BCUT2D eigenvalue weighted by atomic mass is 10.1. The minimum atomic E-state index is -0.234. The maximum atomic E-state index is 12.1. The number of hydrogen-bond acceptors (Lipinski definition) is 3. The minimum absolute atomic E-state index is 0.0287. The predicted octanol–water partition coefficient (Wildman–Crippen LogP) is 1.72. The van der Waals surface area contributed by atoms with Crippen LogP contribution in [-0.2, 0) is 4.79 Å². The Morgan fingerprint density at radius 2 is 1.75 bits per heavy atom. The van der Waals surface area contributed by atoms with E-state index < -0.39 is 0 Å². The van der Waals surface area contributed by atoms with E-state index in [2.05, 4.69) is 10.6 Å². The number of hydrogen-bond donors (Lipinski definition) is 2. The van der Waals surface area contributed by atoms with Crippen LogP contribution in [0.4, 0.5) is 5.69 Å². The van der Waals surface area contributed by atoms with Crippen LogP contribution in [0.1, 0.15) is 31.1 Å². The Labute approximate surface area is 120 Å². The summed E-state index contributed by atoms with van der Waals surface area (Å²) in [6, 6.07) is 7.28. The van der Waals surface area contributed by atoms with Crippen molar-refractivity contribution in [2.45, 2.75) is 20.8 Å².